The Morgan fingerprint density at radius 3 is 2.17 bits per heavy atom. The molecule has 0 aliphatic carbocycles. The molecule has 0 aliphatic rings. The SMILES string of the molecule is [c]1nc(-c2ccccn2)c(-c2ncccc2-c2ccccn2)[nH]1. The average molecular weight is 298 g/mol. The van der Waals surface area contributed by atoms with Crippen molar-refractivity contribution in [1.82, 2.24) is 24.9 Å². The largest absolute Gasteiger partial charge is 0.333 e. The number of hydrogen-bond donors (Lipinski definition) is 1. The van der Waals surface area contributed by atoms with Gasteiger partial charge in [0.2, 0.25) is 0 Å². The number of aromatic amines is 1. The van der Waals surface area contributed by atoms with Crippen LogP contribution in [0.15, 0.2) is 67.1 Å². The molecular weight excluding hydrogens is 286 g/mol. The topological polar surface area (TPSA) is 67.3 Å². The van der Waals surface area contributed by atoms with Crippen LogP contribution in [-0.2, 0) is 0 Å². The number of imidazole rings is 1. The highest BCUT2D eigenvalue weighted by Gasteiger charge is 2.17. The molecule has 0 bridgehead atoms. The maximum absolute atomic E-state index is 4.52. The number of hydrogen-bond acceptors (Lipinski definition) is 4. The summed E-state index contributed by atoms with van der Waals surface area (Å²) in [6.45, 7) is 0. The van der Waals surface area contributed by atoms with Gasteiger partial charge in [-0.3, -0.25) is 15.0 Å². The highest BCUT2D eigenvalue weighted by molar-refractivity contribution is 5.83. The summed E-state index contributed by atoms with van der Waals surface area (Å²) in [6.07, 6.45) is 8.06. The Bertz CT molecular complexity index is 916. The standard InChI is InChI=1S/C18H12N5/c1-3-9-19-14(7-1)13-6-5-11-21-16(13)18-17(22-12-23-18)15-8-2-4-10-20-15/h1-11H,(H,22,23). The second kappa shape index (κ2) is 5.81. The number of pyridine rings is 3. The van der Waals surface area contributed by atoms with Gasteiger partial charge in [-0.15, -0.1) is 0 Å². The minimum absolute atomic E-state index is 0.724. The highest BCUT2D eigenvalue weighted by Crippen LogP contribution is 2.32. The van der Waals surface area contributed by atoms with E-state index in [2.05, 4.69) is 31.2 Å². The molecule has 1 radical (unpaired) electrons. The third-order valence-corrected chi connectivity index (χ3v) is 3.48. The van der Waals surface area contributed by atoms with Gasteiger partial charge in [0.05, 0.1) is 22.8 Å². The van der Waals surface area contributed by atoms with Crippen LogP contribution < -0.4 is 0 Å². The number of nitrogens with one attached hydrogen (secondary N) is 1. The maximum Gasteiger partial charge on any atom is 0.174 e. The molecule has 0 atom stereocenters. The predicted molar refractivity (Wildman–Crippen MR) is 87.1 cm³/mol. The van der Waals surface area contributed by atoms with Crippen LogP contribution in [0.3, 0.4) is 0 Å². The molecule has 4 rings (SSSR count). The van der Waals surface area contributed by atoms with Crippen LogP contribution in [0.1, 0.15) is 0 Å². The number of rotatable bonds is 3. The third kappa shape index (κ3) is 2.48. The van der Waals surface area contributed by atoms with Gasteiger partial charge in [-0.2, -0.15) is 0 Å². The predicted octanol–water partition coefficient (Wildman–Crippen LogP) is 3.40. The number of nitrogens with zero attached hydrogens (tertiary/aromatic N) is 4. The van der Waals surface area contributed by atoms with E-state index in [-0.39, 0.29) is 0 Å². The first-order chi connectivity index (χ1) is 11.4. The molecule has 5 heteroatoms. The molecule has 0 saturated heterocycles. The zero-order chi connectivity index (χ0) is 15.5. The summed E-state index contributed by atoms with van der Waals surface area (Å²) in [6, 6.07) is 15.4. The second-order valence-corrected chi connectivity index (χ2v) is 4.90. The van der Waals surface area contributed by atoms with E-state index in [1.165, 1.54) is 0 Å². The molecule has 0 fully saturated rings. The van der Waals surface area contributed by atoms with Crippen molar-refractivity contribution in [1.29, 1.82) is 0 Å². The van der Waals surface area contributed by atoms with Crippen molar-refractivity contribution in [2.45, 2.75) is 0 Å². The molecule has 0 spiro atoms. The van der Waals surface area contributed by atoms with E-state index < -0.39 is 0 Å². The molecule has 4 aromatic rings. The second-order valence-electron chi connectivity index (χ2n) is 4.90. The highest BCUT2D eigenvalue weighted by atomic mass is 14.9. The smallest absolute Gasteiger partial charge is 0.174 e. The van der Waals surface area contributed by atoms with Crippen LogP contribution in [0.25, 0.3) is 34.0 Å². The molecule has 109 valence electrons. The van der Waals surface area contributed by atoms with Gasteiger partial charge in [-0.1, -0.05) is 12.1 Å². The summed E-state index contributed by atoms with van der Waals surface area (Å²) in [5.41, 5.74) is 4.85. The van der Waals surface area contributed by atoms with Crippen molar-refractivity contribution >= 4 is 0 Å². The molecule has 0 aliphatic heterocycles. The molecule has 4 aromatic heterocycles. The molecule has 0 aromatic carbocycles. The lowest BCUT2D eigenvalue weighted by molar-refractivity contribution is 1.24. The lowest BCUT2D eigenvalue weighted by atomic mass is 10.0. The first-order valence-corrected chi connectivity index (χ1v) is 7.18. The van der Waals surface area contributed by atoms with Crippen molar-refractivity contribution in [2.75, 3.05) is 0 Å². The summed E-state index contributed by atoms with van der Waals surface area (Å²) in [5.74, 6) is 0. The Morgan fingerprint density at radius 1 is 0.696 bits per heavy atom. The maximum atomic E-state index is 4.52. The number of H-pyrrole nitrogens is 1. The molecule has 1 N–H and O–H groups in total. The van der Waals surface area contributed by atoms with Crippen LogP contribution in [0.5, 0.6) is 0 Å². The van der Waals surface area contributed by atoms with E-state index in [1.807, 2.05) is 48.5 Å². The van der Waals surface area contributed by atoms with E-state index in [9.17, 15) is 0 Å². The Morgan fingerprint density at radius 2 is 1.43 bits per heavy atom. The lowest BCUT2D eigenvalue weighted by Crippen LogP contribution is -1.93. The summed E-state index contributed by atoms with van der Waals surface area (Å²) >= 11 is 0. The van der Waals surface area contributed by atoms with Crippen LogP contribution in [0, 0.1) is 6.33 Å². The first kappa shape index (κ1) is 13.3. The summed E-state index contributed by atoms with van der Waals surface area (Å²) in [5, 5.41) is 0. The van der Waals surface area contributed by atoms with E-state index in [0.29, 0.717) is 0 Å². The lowest BCUT2D eigenvalue weighted by Gasteiger charge is -2.08. The molecular formula is C18H12N5. The van der Waals surface area contributed by atoms with Gasteiger partial charge in [0.15, 0.2) is 6.33 Å². The first-order valence-electron chi connectivity index (χ1n) is 7.18. The van der Waals surface area contributed by atoms with Crippen LogP contribution in [0.4, 0.5) is 0 Å². The summed E-state index contributed by atoms with van der Waals surface area (Å²) in [7, 11) is 0. The minimum atomic E-state index is 0.724. The van der Waals surface area contributed by atoms with Gasteiger partial charge < -0.3 is 4.98 Å². The average Bonchev–Trinajstić information content (AvgIpc) is 3.13. The number of aromatic nitrogens is 5. The van der Waals surface area contributed by atoms with Gasteiger partial charge in [-0.05, 0) is 36.4 Å². The Hall–Kier alpha value is -3.34. The molecule has 4 heterocycles. The van der Waals surface area contributed by atoms with Crippen molar-refractivity contribution < 1.29 is 0 Å². The molecule has 23 heavy (non-hydrogen) atoms. The quantitative estimate of drug-likeness (QED) is 0.629. The van der Waals surface area contributed by atoms with Gasteiger partial charge >= 0.3 is 0 Å². The minimum Gasteiger partial charge on any atom is -0.333 e. The third-order valence-electron chi connectivity index (χ3n) is 3.48. The van der Waals surface area contributed by atoms with E-state index in [0.717, 1.165) is 34.0 Å². The molecule has 0 amide bonds. The monoisotopic (exact) mass is 298 g/mol. The Balaban J connectivity index is 1.90. The van der Waals surface area contributed by atoms with Crippen molar-refractivity contribution in [3.63, 3.8) is 0 Å². The van der Waals surface area contributed by atoms with Crippen LogP contribution >= 0.6 is 0 Å². The fraction of sp³-hybridized carbons (Fsp3) is 0. The fourth-order valence-electron chi connectivity index (χ4n) is 2.45. The Labute approximate surface area is 133 Å². The van der Waals surface area contributed by atoms with Gasteiger partial charge in [0.25, 0.3) is 0 Å². The summed E-state index contributed by atoms with van der Waals surface area (Å²) < 4.78 is 0. The summed E-state index contributed by atoms with van der Waals surface area (Å²) in [4.78, 5) is 20.7. The Kier molecular flexibility index (Phi) is 3.37. The van der Waals surface area contributed by atoms with Crippen LogP contribution in [0.2, 0.25) is 0 Å². The van der Waals surface area contributed by atoms with Gasteiger partial charge in [0, 0.05) is 24.2 Å². The van der Waals surface area contributed by atoms with Crippen molar-refractivity contribution in [3.8, 4) is 34.0 Å². The zero-order valence-electron chi connectivity index (χ0n) is 12.1. The van der Waals surface area contributed by atoms with Gasteiger partial charge in [-0.25, -0.2) is 4.98 Å². The van der Waals surface area contributed by atoms with Crippen LogP contribution in [-0.4, -0.2) is 24.9 Å². The molecule has 5 nitrogen and oxygen atoms in total. The van der Waals surface area contributed by atoms with E-state index in [1.54, 1.807) is 18.6 Å². The normalized spacial score (nSPS) is 10.6. The van der Waals surface area contributed by atoms with E-state index in [4.69, 9.17) is 0 Å². The van der Waals surface area contributed by atoms with E-state index >= 15 is 0 Å². The van der Waals surface area contributed by atoms with Crippen molar-refractivity contribution in [2.24, 2.45) is 0 Å². The fourth-order valence-corrected chi connectivity index (χ4v) is 2.45. The zero-order valence-corrected chi connectivity index (χ0v) is 12.1. The van der Waals surface area contributed by atoms with Gasteiger partial charge in [0.1, 0.15) is 5.69 Å². The van der Waals surface area contributed by atoms with Crippen molar-refractivity contribution in [3.05, 3.63) is 73.4 Å². The molecule has 0 saturated carbocycles. The molecule has 0 unspecified atom stereocenters.